The van der Waals surface area contributed by atoms with E-state index in [1.807, 2.05) is 18.2 Å². The van der Waals surface area contributed by atoms with Crippen LogP contribution >= 0.6 is 0 Å². The molecule has 1 aliphatic rings. The summed E-state index contributed by atoms with van der Waals surface area (Å²) < 4.78 is 6.18. The number of rotatable bonds is 6. The van der Waals surface area contributed by atoms with Crippen molar-refractivity contribution in [1.29, 1.82) is 0 Å². The zero-order valence-electron chi connectivity index (χ0n) is 32.6. The van der Waals surface area contributed by atoms with Gasteiger partial charge in [-0.15, -0.1) is 0 Å². The minimum absolute atomic E-state index is 0.438. The van der Waals surface area contributed by atoms with Gasteiger partial charge in [-0.1, -0.05) is 176 Å². The van der Waals surface area contributed by atoms with E-state index < -0.39 is 5.41 Å². The fourth-order valence-electron chi connectivity index (χ4n) is 9.72. The van der Waals surface area contributed by atoms with E-state index in [1.54, 1.807) is 0 Å². The summed E-state index contributed by atoms with van der Waals surface area (Å²) in [6, 6.07) is 78.1. The Kier molecular flexibility index (Phi) is 7.76. The van der Waals surface area contributed by atoms with E-state index in [0.717, 1.165) is 60.8 Å². The molecule has 2 aromatic heterocycles. The van der Waals surface area contributed by atoms with E-state index in [4.69, 9.17) is 14.4 Å². The lowest BCUT2D eigenvalue weighted by atomic mass is 9.67. The van der Waals surface area contributed by atoms with Crippen LogP contribution in [0.2, 0.25) is 0 Å². The first kappa shape index (κ1) is 34.2. The van der Waals surface area contributed by atoms with Crippen molar-refractivity contribution in [3.05, 3.63) is 241 Å². The molecule has 0 saturated heterocycles. The molecule has 3 nitrogen and oxygen atoms in total. The van der Waals surface area contributed by atoms with Crippen LogP contribution in [0.4, 0.5) is 0 Å². The van der Waals surface area contributed by atoms with Crippen molar-refractivity contribution in [2.45, 2.75) is 5.41 Å². The molecule has 60 heavy (non-hydrogen) atoms. The molecule has 12 rings (SSSR count). The third-order valence-corrected chi connectivity index (χ3v) is 12.4. The first-order valence-electron chi connectivity index (χ1n) is 20.5. The maximum atomic E-state index is 6.18. The van der Waals surface area contributed by atoms with Gasteiger partial charge >= 0.3 is 0 Å². The predicted molar refractivity (Wildman–Crippen MR) is 246 cm³/mol. The third kappa shape index (κ3) is 5.23. The van der Waals surface area contributed by atoms with Crippen LogP contribution in [0.3, 0.4) is 0 Å². The highest BCUT2D eigenvalue weighted by Crippen LogP contribution is 2.56. The van der Waals surface area contributed by atoms with E-state index in [2.05, 4.69) is 200 Å². The molecule has 2 heterocycles. The molecule has 0 atom stereocenters. The molecule has 0 N–H and O–H groups in total. The maximum Gasteiger partial charge on any atom is 0.161 e. The second-order valence-electron chi connectivity index (χ2n) is 15.6. The lowest BCUT2D eigenvalue weighted by Gasteiger charge is -2.33. The number of benzene rings is 9. The van der Waals surface area contributed by atoms with Crippen molar-refractivity contribution in [3.8, 4) is 56.2 Å². The largest absolute Gasteiger partial charge is 0.456 e. The maximum absolute atomic E-state index is 6.18. The van der Waals surface area contributed by atoms with Crippen molar-refractivity contribution in [2.24, 2.45) is 0 Å². The Morgan fingerprint density at radius 1 is 0.317 bits per heavy atom. The lowest BCUT2D eigenvalue weighted by Crippen LogP contribution is -2.28. The highest BCUT2D eigenvalue weighted by atomic mass is 16.3. The quantitative estimate of drug-likeness (QED) is 0.169. The van der Waals surface area contributed by atoms with Crippen molar-refractivity contribution in [1.82, 2.24) is 9.97 Å². The zero-order chi connectivity index (χ0) is 39.6. The molecule has 0 aliphatic heterocycles. The first-order valence-corrected chi connectivity index (χ1v) is 20.5. The molecule has 0 unspecified atom stereocenters. The normalized spacial score (nSPS) is 12.8. The predicted octanol–water partition coefficient (Wildman–Crippen LogP) is 14.6. The van der Waals surface area contributed by atoms with Gasteiger partial charge in [0.2, 0.25) is 0 Å². The zero-order valence-corrected chi connectivity index (χ0v) is 32.6. The second-order valence-corrected chi connectivity index (χ2v) is 15.6. The molecule has 1 aliphatic carbocycles. The van der Waals surface area contributed by atoms with E-state index >= 15 is 0 Å². The fourth-order valence-corrected chi connectivity index (χ4v) is 9.72. The molecule has 0 saturated carbocycles. The minimum atomic E-state index is -0.438. The Morgan fingerprint density at radius 3 is 1.62 bits per heavy atom. The Balaban J connectivity index is 1.03. The summed E-state index contributed by atoms with van der Waals surface area (Å²) in [4.78, 5) is 10.6. The van der Waals surface area contributed by atoms with E-state index in [9.17, 15) is 0 Å². The van der Waals surface area contributed by atoms with E-state index in [1.165, 1.54) is 44.5 Å². The Bertz CT molecular complexity index is 3380. The molecule has 0 bridgehead atoms. The molecule has 0 spiro atoms. The van der Waals surface area contributed by atoms with Gasteiger partial charge in [0.05, 0.1) is 16.8 Å². The number of hydrogen-bond donors (Lipinski definition) is 0. The molecule has 0 amide bonds. The summed E-state index contributed by atoms with van der Waals surface area (Å²) in [7, 11) is 0. The number of aromatic nitrogens is 2. The van der Waals surface area contributed by atoms with Crippen LogP contribution in [0.5, 0.6) is 0 Å². The number of nitrogens with zero attached hydrogens (tertiary/aromatic N) is 2. The summed E-state index contributed by atoms with van der Waals surface area (Å²) in [6.07, 6.45) is 0. The summed E-state index contributed by atoms with van der Waals surface area (Å²) in [6.45, 7) is 0. The molecule has 280 valence electrons. The summed E-state index contributed by atoms with van der Waals surface area (Å²) in [5.41, 5.74) is 16.1. The van der Waals surface area contributed by atoms with Gasteiger partial charge in [-0.05, 0) is 97.7 Å². The molecule has 3 heteroatoms. The van der Waals surface area contributed by atoms with Gasteiger partial charge in [-0.2, -0.15) is 0 Å². The van der Waals surface area contributed by atoms with Gasteiger partial charge in [0.1, 0.15) is 11.2 Å². The van der Waals surface area contributed by atoms with Gasteiger partial charge < -0.3 is 4.42 Å². The Hall–Kier alpha value is -7.88. The van der Waals surface area contributed by atoms with Crippen LogP contribution < -0.4 is 0 Å². The first-order chi connectivity index (χ1) is 29.7. The van der Waals surface area contributed by atoms with Crippen LogP contribution in [0.15, 0.2) is 223 Å². The number of para-hydroxylation sites is 1. The number of fused-ring (bicyclic) bond motifs is 7. The molecule has 0 fully saturated rings. The molecule has 0 radical (unpaired) electrons. The standard InChI is InChI=1S/C57H36N2O/c1-4-16-37(17-5-1)52-36-53(39-29-33-55-49(35-39)46-25-13-15-27-54(46)60-55)59-56(58-52)47-31-30-42(43-22-10-11-23-44(43)47)38-28-32-51-48(34-38)45-24-12-14-26-50(45)57(51,40-18-6-2-7-19-40)41-20-8-3-9-21-41/h1-36H. The average Bonchev–Trinajstić information content (AvgIpc) is 3.85. The number of hydrogen-bond acceptors (Lipinski definition) is 3. The van der Waals surface area contributed by atoms with E-state index in [-0.39, 0.29) is 0 Å². The minimum Gasteiger partial charge on any atom is -0.456 e. The molecular formula is C57H36N2O. The van der Waals surface area contributed by atoms with Gasteiger partial charge in [0.25, 0.3) is 0 Å². The van der Waals surface area contributed by atoms with Crippen LogP contribution in [-0.2, 0) is 5.41 Å². The third-order valence-electron chi connectivity index (χ3n) is 12.4. The van der Waals surface area contributed by atoms with Crippen molar-refractivity contribution in [3.63, 3.8) is 0 Å². The van der Waals surface area contributed by atoms with Crippen molar-refractivity contribution >= 4 is 32.7 Å². The van der Waals surface area contributed by atoms with Crippen molar-refractivity contribution in [2.75, 3.05) is 0 Å². The van der Waals surface area contributed by atoms with Crippen LogP contribution in [-0.4, -0.2) is 9.97 Å². The monoisotopic (exact) mass is 764 g/mol. The van der Waals surface area contributed by atoms with Gasteiger partial charge in [-0.3, -0.25) is 0 Å². The topological polar surface area (TPSA) is 38.9 Å². The average molecular weight is 765 g/mol. The van der Waals surface area contributed by atoms with Crippen LogP contribution in [0.25, 0.3) is 88.9 Å². The summed E-state index contributed by atoms with van der Waals surface area (Å²) >= 11 is 0. The second kappa shape index (κ2) is 13.6. The molecule has 9 aromatic carbocycles. The Morgan fingerprint density at radius 2 is 0.867 bits per heavy atom. The molecular weight excluding hydrogens is 729 g/mol. The van der Waals surface area contributed by atoms with Crippen LogP contribution in [0, 0.1) is 0 Å². The summed E-state index contributed by atoms with van der Waals surface area (Å²) in [5.74, 6) is 0.685. The van der Waals surface area contributed by atoms with Gasteiger partial charge in [-0.25, -0.2) is 9.97 Å². The Labute approximate surface area is 347 Å². The van der Waals surface area contributed by atoms with E-state index in [0.29, 0.717) is 5.82 Å². The van der Waals surface area contributed by atoms with Crippen LogP contribution in [0.1, 0.15) is 22.3 Å². The van der Waals surface area contributed by atoms with Gasteiger partial charge in [0, 0.05) is 27.5 Å². The highest BCUT2D eigenvalue weighted by Gasteiger charge is 2.46. The number of furan rings is 1. The summed E-state index contributed by atoms with van der Waals surface area (Å²) in [5, 5.41) is 4.42. The lowest BCUT2D eigenvalue weighted by molar-refractivity contribution is 0.669. The molecule has 11 aromatic rings. The smallest absolute Gasteiger partial charge is 0.161 e. The van der Waals surface area contributed by atoms with Crippen molar-refractivity contribution < 1.29 is 4.42 Å². The fraction of sp³-hybridized carbons (Fsp3) is 0.0175. The SMILES string of the molecule is c1ccc(-c2cc(-c3ccc4oc5ccccc5c4c3)nc(-c3ccc(-c4ccc5c(c4)-c4ccccc4C5(c4ccccc4)c4ccccc4)c4ccccc34)n2)cc1. The van der Waals surface area contributed by atoms with Gasteiger partial charge in [0.15, 0.2) is 5.82 Å². The highest BCUT2D eigenvalue weighted by molar-refractivity contribution is 6.07.